The van der Waals surface area contributed by atoms with Crippen LogP contribution in [0.1, 0.15) is 26.2 Å². The number of nitrogens with one attached hydrogen (secondary N) is 1. The van der Waals surface area contributed by atoms with Gasteiger partial charge in [0.25, 0.3) is 0 Å². The van der Waals surface area contributed by atoms with Crippen LogP contribution in [-0.2, 0) is 0 Å². The molecule has 1 saturated heterocycles. The summed E-state index contributed by atoms with van der Waals surface area (Å²) in [7, 11) is 0. The lowest BCUT2D eigenvalue weighted by Gasteiger charge is -2.26. The number of aromatic nitrogens is 3. The fourth-order valence-corrected chi connectivity index (χ4v) is 2.26. The zero-order chi connectivity index (χ0) is 13.7. The van der Waals surface area contributed by atoms with E-state index in [0.717, 1.165) is 19.6 Å². The number of rotatable bonds is 5. The molecule has 106 valence electrons. The molecule has 1 fully saturated rings. The van der Waals surface area contributed by atoms with Gasteiger partial charge in [-0.3, -0.25) is 0 Å². The highest BCUT2D eigenvalue weighted by atomic mass is 32.2. The topological polar surface area (TPSA) is 80.0 Å². The van der Waals surface area contributed by atoms with Gasteiger partial charge in [-0.1, -0.05) is 6.92 Å². The van der Waals surface area contributed by atoms with Crippen LogP contribution in [0.3, 0.4) is 0 Å². The van der Waals surface area contributed by atoms with Gasteiger partial charge < -0.3 is 16.0 Å². The predicted molar refractivity (Wildman–Crippen MR) is 81.8 cm³/mol. The molecule has 0 aromatic carbocycles. The Bertz CT molecular complexity index is 407. The Hall–Kier alpha value is -1.24. The number of anilines is 3. The van der Waals surface area contributed by atoms with Gasteiger partial charge in [0, 0.05) is 24.9 Å². The van der Waals surface area contributed by atoms with Gasteiger partial charge in [0.1, 0.15) is 0 Å². The Kier molecular flexibility index (Phi) is 5.07. The molecule has 1 aliphatic rings. The largest absolute Gasteiger partial charge is 0.368 e. The summed E-state index contributed by atoms with van der Waals surface area (Å²) in [5.74, 6) is 1.57. The molecule has 1 aromatic heterocycles. The lowest BCUT2D eigenvalue weighted by Crippen LogP contribution is -2.31. The second kappa shape index (κ2) is 6.79. The quantitative estimate of drug-likeness (QED) is 0.849. The van der Waals surface area contributed by atoms with Crippen LogP contribution < -0.4 is 16.0 Å². The molecule has 19 heavy (non-hydrogen) atoms. The normalized spacial score (nSPS) is 17.3. The average molecular weight is 282 g/mol. The number of nitrogens with two attached hydrogens (primary N) is 1. The summed E-state index contributed by atoms with van der Waals surface area (Å²) in [6.07, 6.45) is 5.76. The van der Waals surface area contributed by atoms with E-state index in [9.17, 15) is 0 Å². The van der Waals surface area contributed by atoms with Gasteiger partial charge in [0.15, 0.2) is 0 Å². The predicted octanol–water partition coefficient (Wildman–Crippen LogP) is 1.61. The number of nitrogens with zero attached hydrogens (tertiary/aromatic N) is 4. The van der Waals surface area contributed by atoms with E-state index in [1.54, 1.807) is 11.8 Å². The van der Waals surface area contributed by atoms with Gasteiger partial charge in [-0.05, 0) is 25.5 Å². The molecule has 6 nitrogen and oxygen atoms in total. The van der Waals surface area contributed by atoms with Crippen molar-refractivity contribution in [2.24, 2.45) is 0 Å². The molecular formula is C12H22N6S. The summed E-state index contributed by atoms with van der Waals surface area (Å²) in [5, 5.41) is 3.74. The van der Waals surface area contributed by atoms with Crippen molar-refractivity contribution in [3.8, 4) is 0 Å². The molecule has 1 unspecified atom stereocenters. The highest BCUT2D eigenvalue weighted by Crippen LogP contribution is 2.17. The first-order chi connectivity index (χ1) is 9.19. The Morgan fingerprint density at radius 3 is 2.68 bits per heavy atom. The van der Waals surface area contributed by atoms with E-state index in [2.05, 4.69) is 38.3 Å². The molecule has 2 heterocycles. The van der Waals surface area contributed by atoms with E-state index in [0.29, 0.717) is 17.1 Å². The van der Waals surface area contributed by atoms with Crippen LogP contribution in [0.5, 0.6) is 0 Å². The van der Waals surface area contributed by atoms with Crippen LogP contribution in [0, 0.1) is 0 Å². The van der Waals surface area contributed by atoms with Crippen LogP contribution in [0.15, 0.2) is 0 Å². The monoisotopic (exact) mass is 282 g/mol. The Labute approximate surface area is 118 Å². The first kappa shape index (κ1) is 14.2. The zero-order valence-corrected chi connectivity index (χ0v) is 12.4. The van der Waals surface area contributed by atoms with Crippen LogP contribution in [-0.4, -0.2) is 46.1 Å². The molecule has 0 aliphatic carbocycles. The van der Waals surface area contributed by atoms with Crippen LogP contribution >= 0.6 is 11.8 Å². The average Bonchev–Trinajstić information content (AvgIpc) is 2.45. The third-order valence-electron chi connectivity index (χ3n) is 3.23. The summed E-state index contributed by atoms with van der Waals surface area (Å²) in [4.78, 5) is 15.0. The molecule has 0 radical (unpaired) electrons. The number of piperidine rings is 1. The number of hydrogen-bond donors (Lipinski definition) is 2. The smallest absolute Gasteiger partial charge is 0.231 e. The third-order valence-corrected chi connectivity index (χ3v) is 4.20. The maximum absolute atomic E-state index is 5.77. The second-order valence-corrected chi connectivity index (χ2v) is 6.07. The molecule has 1 aromatic rings. The SMILES string of the molecule is CSC(C)CNc1nc(N)nc(N2CCCCC2)n1. The highest BCUT2D eigenvalue weighted by Gasteiger charge is 2.15. The lowest BCUT2D eigenvalue weighted by molar-refractivity contribution is 0.568. The fourth-order valence-electron chi connectivity index (χ4n) is 2.01. The van der Waals surface area contributed by atoms with Crippen molar-refractivity contribution in [1.82, 2.24) is 15.0 Å². The summed E-state index contributed by atoms with van der Waals surface area (Å²) >= 11 is 1.81. The molecule has 2 rings (SSSR count). The molecule has 1 atom stereocenters. The fraction of sp³-hybridized carbons (Fsp3) is 0.750. The minimum absolute atomic E-state index is 0.287. The molecule has 0 saturated carbocycles. The standard InChI is InChI=1S/C12H22N6S/c1-9(19-2)8-14-11-15-10(13)16-12(17-11)18-6-4-3-5-7-18/h9H,3-8H2,1-2H3,(H3,13,14,15,16,17). The number of nitrogen functional groups attached to an aromatic ring is 1. The van der Waals surface area contributed by atoms with E-state index < -0.39 is 0 Å². The van der Waals surface area contributed by atoms with Gasteiger partial charge >= 0.3 is 0 Å². The molecule has 0 amide bonds. The van der Waals surface area contributed by atoms with Crippen molar-refractivity contribution in [2.75, 3.05) is 41.8 Å². The molecule has 1 aliphatic heterocycles. The van der Waals surface area contributed by atoms with E-state index in [1.807, 2.05) is 0 Å². The molecule has 3 N–H and O–H groups in total. The summed E-state index contributed by atoms with van der Waals surface area (Å²) in [6, 6.07) is 0. The van der Waals surface area contributed by atoms with E-state index in [4.69, 9.17) is 5.73 Å². The molecule has 0 spiro atoms. The summed E-state index contributed by atoms with van der Waals surface area (Å²) in [5.41, 5.74) is 5.77. The van der Waals surface area contributed by atoms with Gasteiger partial charge in [-0.25, -0.2) is 0 Å². The maximum Gasteiger partial charge on any atom is 0.231 e. The Balaban J connectivity index is 2.05. The molecule has 0 bridgehead atoms. The second-order valence-electron chi connectivity index (χ2n) is 4.79. The van der Waals surface area contributed by atoms with Crippen LogP contribution in [0.4, 0.5) is 17.8 Å². The summed E-state index contributed by atoms with van der Waals surface area (Å²) in [6.45, 7) is 4.99. The van der Waals surface area contributed by atoms with Crippen molar-refractivity contribution < 1.29 is 0 Å². The first-order valence-corrected chi connectivity index (χ1v) is 8.01. The van der Waals surface area contributed by atoms with E-state index in [-0.39, 0.29) is 5.95 Å². The third kappa shape index (κ3) is 4.12. The van der Waals surface area contributed by atoms with Gasteiger partial charge in [0.2, 0.25) is 17.8 Å². The Morgan fingerprint density at radius 1 is 1.26 bits per heavy atom. The van der Waals surface area contributed by atoms with Crippen LogP contribution in [0.25, 0.3) is 0 Å². The minimum Gasteiger partial charge on any atom is -0.368 e. The highest BCUT2D eigenvalue weighted by molar-refractivity contribution is 7.99. The van der Waals surface area contributed by atoms with Crippen molar-refractivity contribution in [1.29, 1.82) is 0 Å². The van der Waals surface area contributed by atoms with E-state index >= 15 is 0 Å². The maximum atomic E-state index is 5.77. The van der Waals surface area contributed by atoms with Crippen molar-refractivity contribution >= 4 is 29.6 Å². The van der Waals surface area contributed by atoms with Gasteiger partial charge in [-0.2, -0.15) is 26.7 Å². The van der Waals surface area contributed by atoms with E-state index in [1.165, 1.54) is 19.3 Å². The van der Waals surface area contributed by atoms with Crippen molar-refractivity contribution in [3.05, 3.63) is 0 Å². The zero-order valence-electron chi connectivity index (χ0n) is 11.6. The minimum atomic E-state index is 0.287. The Morgan fingerprint density at radius 2 is 2.00 bits per heavy atom. The lowest BCUT2D eigenvalue weighted by atomic mass is 10.1. The molecule has 7 heteroatoms. The number of hydrogen-bond acceptors (Lipinski definition) is 7. The van der Waals surface area contributed by atoms with Crippen LogP contribution in [0.2, 0.25) is 0 Å². The van der Waals surface area contributed by atoms with Crippen molar-refractivity contribution in [3.63, 3.8) is 0 Å². The number of thioether (sulfide) groups is 1. The van der Waals surface area contributed by atoms with Gasteiger partial charge in [-0.15, -0.1) is 0 Å². The summed E-state index contributed by atoms with van der Waals surface area (Å²) < 4.78 is 0. The van der Waals surface area contributed by atoms with Crippen molar-refractivity contribution in [2.45, 2.75) is 31.4 Å². The molecular weight excluding hydrogens is 260 g/mol. The first-order valence-electron chi connectivity index (χ1n) is 6.72. The van der Waals surface area contributed by atoms with Gasteiger partial charge in [0.05, 0.1) is 0 Å².